The van der Waals surface area contributed by atoms with Crippen LogP contribution in [-0.2, 0) is 29.0 Å². The molecule has 0 radical (unpaired) electrons. The van der Waals surface area contributed by atoms with Crippen molar-refractivity contribution in [2.75, 3.05) is 3.71 Å². The molecule has 2 N–H and O–H groups in total. The van der Waals surface area contributed by atoms with Gasteiger partial charge in [0.15, 0.2) is 0 Å². The fraction of sp³-hybridized carbons (Fsp3) is 0.250. The molecule has 1 rings (SSSR count). The highest BCUT2D eigenvalue weighted by atomic mass is 32.3. The molecular formula is C8H11NO4S2. The van der Waals surface area contributed by atoms with Crippen LogP contribution in [0.2, 0.25) is 0 Å². The molecule has 0 heterocycles. The van der Waals surface area contributed by atoms with Gasteiger partial charge in [-0.25, -0.2) is 8.42 Å². The lowest BCUT2D eigenvalue weighted by Crippen LogP contribution is -2.26. The minimum absolute atomic E-state index is 0.230. The first-order chi connectivity index (χ1) is 7.06. The largest absolute Gasteiger partial charge is 0.288 e. The summed E-state index contributed by atoms with van der Waals surface area (Å²) in [6.07, 6.45) is 0.838. The molecule has 0 saturated carbocycles. The van der Waals surface area contributed by atoms with Crippen LogP contribution in [0.15, 0.2) is 24.3 Å². The van der Waals surface area contributed by atoms with Crippen molar-refractivity contribution in [3.8, 4) is 0 Å². The lowest BCUT2D eigenvalue weighted by molar-refractivity contribution is 0.550. The lowest BCUT2D eigenvalue weighted by atomic mass is 10.2. The van der Waals surface area contributed by atoms with E-state index in [1.807, 2.05) is 6.92 Å². The normalized spacial score (nSPS) is 14.6. The van der Waals surface area contributed by atoms with Crippen LogP contribution in [0.25, 0.3) is 0 Å². The van der Waals surface area contributed by atoms with Gasteiger partial charge in [0.1, 0.15) is 0 Å². The molecule has 0 saturated heterocycles. The summed E-state index contributed by atoms with van der Waals surface area (Å²) in [6, 6.07) is 6.53. The van der Waals surface area contributed by atoms with Gasteiger partial charge in [-0.05, 0) is 24.1 Å². The highest BCUT2D eigenvalue weighted by molar-refractivity contribution is 7.99. The Labute approximate surface area is 92.9 Å². The summed E-state index contributed by atoms with van der Waals surface area (Å²) in [5.41, 5.74) is 1.28. The third-order valence-corrected chi connectivity index (χ3v) is 3.59. The maximum absolute atomic E-state index is 10.8. The Morgan fingerprint density at radius 1 is 1.13 bits per heavy atom. The fourth-order valence-electron chi connectivity index (χ4n) is 1.09. The Morgan fingerprint density at radius 3 is 1.93 bits per heavy atom. The quantitative estimate of drug-likeness (QED) is 0.789. The summed E-state index contributed by atoms with van der Waals surface area (Å²) in [5, 5.41) is 0. The minimum Gasteiger partial charge on any atom is -0.288 e. The molecule has 0 aromatic heterocycles. The molecular weight excluding hydrogens is 238 g/mol. The molecule has 0 bridgehead atoms. The van der Waals surface area contributed by atoms with Crippen LogP contribution in [-0.4, -0.2) is 17.5 Å². The standard InChI is InChI=1S/C8H11NO4S2/c1-2-7-3-5-8(6-4-7)9(14(10)11)15(12)13/h3-6H,2H2,1H3,(H,10,11)(H,12,13). The summed E-state index contributed by atoms with van der Waals surface area (Å²) in [4.78, 5) is 0. The van der Waals surface area contributed by atoms with Crippen molar-refractivity contribution in [1.82, 2.24) is 0 Å². The van der Waals surface area contributed by atoms with Crippen LogP contribution in [0.4, 0.5) is 5.69 Å². The predicted molar refractivity (Wildman–Crippen MR) is 59.8 cm³/mol. The van der Waals surface area contributed by atoms with Gasteiger partial charge in [0.05, 0.1) is 5.69 Å². The molecule has 7 heteroatoms. The minimum atomic E-state index is -2.51. The van der Waals surface area contributed by atoms with Gasteiger partial charge < -0.3 is 0 Å². The van der Waals surface area contributed by atoms with Crippen LogP contribution >= 0.6 is 0 Å². The molecule has 2 unspecified atom stereocenters. The van der Waals surface area contributed by atoms with Crippen molar-refractivity contribution in [1.29, 1.82) is 0 Å². The molecule has 5 nitrogen and oxygen atoms in total. The van der Waals surface area contributed by atoms with Crippen molar-refractivity contribution in [2.24, 2.45) is 0 Å². The van der Waals surface area contributed by atoms with E-state index in [1.54, 1.807) is 12.1 Å². The number of anilines is 1. The third kappa shape index (κ3) is 3.10. The summed E-state index contributed by atoms with van der Waals surface area (Å²) in [6.45, 7) is 1.97. The van der Waals surface area contributed by atoms with Crippen molar-refractivity contribution < 1.29 is 17.5 Å². The third-order valence-electron chi connectivity index (χ3n) is 1.84. The maximum Gasteiger partial charge on any atom is 0.276 e. The number of hydrogen-bond donors (Lipinski definition) is 2. The van der Waals surface area contributed by atoms with Crippen molar-refractivity contribution in [3.05, 3.63) is 29.8 Å². The van der Waals surface area contributed by atoms with Gasteiger partial charge in [-0.1, -0.05) is 19.1 Å². The molecule has 15 heavy (non-hydrogen) atoms. The molecule has 84 valence electrons. The molecule has 2 atom stereocenters. The van der Waals surface area contributed by atoms with Crippen molar-refractivity contribution in [3.63, 3.8) is 0 Å². The van der Waals surface area contributed by atoms with Crippen molar-refractivity contribution >= 4 is 28.2 Å². The second-order valence-corrected chi connectivity index (χ2v) is 4.62. The van der Waals surface area contributed by atoms with E-state index in [0.29, 0.717) is 3.71 Å². The molecule has 0 fully saturated rings. The van der Waals surface area contributed by atoms with Crippen LogP contribution < -0.4 is 3.71 Å². The molecule has 0 aliphatic carbocycles. The highest BCUT2D eigenvalue weighted by Crippen LogP contribution is 2.17. The van der Waals surface area contributed by atoms with E-state index in [0.717, 1.165) is 12.0 Å². The summed E-state index contributed by atoms with van der Waals surface area (Å²) >= 11 is -5.02. The highest BCUT2D eigenvalue weighted by Gasteiger charge is 2.17. The number of aryl methyl sites for hydroxylation is 1. The van der Waals surface area contributed by atoms with Crippen LogP contribution in [0.1, 0.15) is 12.5 Å². The summed E-state index contributed by atoms with van der Waals surface area (Å²) < 4.78 is 39.7. The molecule has 1 aromatic carbocycles. The van der Waals surface area contributed by atoms with Gasteiger partial charge in [0.25, 0.3) is 22.5 Å². The number of hydrogen-bond acceptors (Lipinski definition) is 2. The first-order valence-corrected chi connectivity index (χ1v) is 6.30. The second-order valence-electron chi connectivity index (χ2n) is 2.74. The Morgan fingerprint density at radius 2 is 1.60 bits per heavy atom. The van der Waals surface area contributed by atoms with E-state index in [4.69, 9.17) is 9.11 Å². The van der Waals surface area contributed by atoms with E-state index in [-0.39, 0.29) is 5.69 Å². The van der Waals surface area contributed by atoms with Gasteiger partial charge in [0.2, 0.25) is 0 Å². The molecule has 0 aliphatic heterocycles. The number of rotatable bonds is 4. The first kappa shape index (κ1) is 12.3. The topological polar surface area (TPSA) is 77.8 Å². The lowest BCUT2D eigenvalue weighted by Gasteiger charge is -2.14. The average Bonchev–Trinajstić information content (AvgIpc) is 2.18. The van der Waals surface area contributed by atoms with E-state index < -0.39 is 22.5 Å². The van der Waals surface area contributed by atoms with E-state index in [2.05, 4.69) is 0 Å². The van der Waals surface area contributed by atoms with Gasteiger partial charge in [-0.15, -0.1) is 0 Å². The maximum atomic E-state index is 10.8. The number of nitrogens with zero attached hydrogens (tertiary/aromatic N) is 1. The zero-order valence-electron chi connectivity index (χ0n) is 7.99. The predicted octanol–water partition coefficient (Wildman–Crippen LogP) is 1.33. The smallest absolute Gasteiger partial charge is 0.276 e. The Hall–Kier alpha value is -0.760. The number of benzene rings is 1. The second kappa shape index (κ2) is 5.36. The first-order valence-electron chi connectivity index (χ1n) is 4.17. The van der Waals surface area contributed by atoms with Crippen LogP contribution in [0.3, 0.4) is 0 Å². The monoisotopic (exact) mass is 249 g/mol. The van der Waals surface area contributed by atoms with Gasteiger partial charge in [-0.2, -0.15) is 3.71 Å². The van der Waals surface area contributed by atoms with E-state index >= 15 is 0 Å². The fourth-order valence-corrected chi connectivity index (χ4v) is 2.13. The zero-order valence-corrected chi connectivity index (χ0v) is 9.62. The molecule has 0 spiro atoms. The van der Waals surface area contributed by atoms with Crippen LogP contribution in [0.5, 0.6) is 0 Å². The van der Waals surface area contributed by atoms with Gasteiger partial charge in [0, 0.05) is 0 Å². The zero-order chi connectivity index (χ0) is 11.4. The molecule has 1 aromatic rings. The Balaban J connectivity index is 3.02. The van der Waals surface area contributed by atoms with Crippen molar-refractivity contribution in [2.45, 2.75) is 13.3 Å². The molecule has 0 aliphatic rings. The SMILES string of the molecule is CCc1ccc(N(S(=O)O)S(=O)O)cc1. The Kier molecular flexibility index (Phi) is 4.40. The van der Waals surface area contributed by atoms with Gasteiger partial charge >= 0.3 is 0 Å². The summed E-state index contributed by atoms with van der Waals surface area (Å²) in [5.74, 6) is 0. The average molecular weight is 249 g/mol. The Bertz CT molecular complexity index is 365. The molecule has 0 amide bonds. The van der Waals surface area contributed by atoms with E-state index in [1.165, 1.54) is 12.1 Å². The van der Waals surface area contributed by atoms with E-state index in [9.17, 15) is 8.42 Å². The van der Waals surface area contributed by atoms with Gasteiger partial charge in [-0.3, -0.25) is 9.11 Å². The summed E-state index contributed by atoms with van der Waals surface area (Å²) in [7, 11) is 0. The van der Waals surface area contributed by atoms with Crippen LogP contribution in [0, 0.1) is 0 Å².